The summed E-state index contributed by atoms with van der Waals surface area (Å²) < 4.78 is 5.76. The fraction of sp³-hybridized carbons (Fsp3) is 0.143. The Bertz CT molecular complexity index is 634. The summed E-state index contributed by atoms with van der Waals surface area (Å²) in [6.07, 6.45) is 1.77. The van der Waals surface area contributed by atoms with E-state index < -0.39 is 0 Å². The van der Waals surface area contributed by atoms with Crippen molar-refractivity contribution in [2.75, 3.05) is 12.4 Å². The Hall–Kier alpha value is -1.59. The average Bonchev–Trinajstić information content (AvgIpc) is 2.43. The van der Waals surface area contributed by atoms with Crippen LogP contribution in [0, 0.1) is 0 Å². The van der Waals surface area contributed by atoms with E-state index in [-0.39, 0.29) is 12.3 Å². The van der Waals surface area contributed by atoms with Gasteiger partial charge in [-0.05, 0) is 39.7 Å². The molecule has 4 nitrogen and oxygen atoms in total. The number of amides is 1. The van der Waals surface area contributed by atoms with Crippen molar-refractivity contribution in [3.8, 4) is 5.75 Å². The fourth-order valence-electron chi connectivity index (χ4n) is 1.66. The average molecular weight is 356 g/mol. The zero-order valence-electron chi connectivity index (χ0n) is 10.7. The van der Waals surface area contributed by atoms with Crippen LogP contribution in [0.15, 0.2) is 41.0 Å². The number of hydrogen-bond donors (Lipinski definition) is 1. The van der Waals surface area contributed by atoms with Crippen LogP contribution < -0.4 is 10.1 Å². The van der Waals surface area contributed by atoms with E-state index >= 15 is 0 Å². The first-order chi connectivity index (χ1) is 9.58. The van der Waals surface area contributed by atoms with Crippen LogP contribution in [0.25, 0.3) is 0 Å². The number of carbonyl (C=O) groups excluding carboxylic acids is 1. The van der Waals surface area contributed by atoms with Crippen LogP contribution in [-0.2, 0) is 11.2 Å². The number of anilines is 1. The largest absolute Gasteiger partial charge is 0.497 e. The second-order valence-corrected chi connectivity index (χ2v) is 5.29. The highest BCUT2D eigenvalue weighted by molar-refractivity contribution is 9.10. The van der Waals surface area contributed by atoms with Crippen LogP contribution in [0.3, 0.4) is 0 Å². The zero-order valence-corrected chi connectivity index (χ0v) is 13.0. The number of ether oxygens (including phenoxy) is 1. The Morgan fingerprint density at radius 2 is 2.25 bits per heavy atom. The number of pyridine rings is 1. The van der Waals surface area contributed by atoms with Gasteiger partial charge in [-0.25, -0.2) is 4.98 Å². The molecule has 1 N–H and O–H groups in total. The van der Waals surface area contributed by atoms with Gasteiger partial charge < -0.3 is 10.1 Å². The van der Waals surface area contributed by atoms with Gasteiger partial charge in [-0.15, -0.1) is 0 Å². The molecule has 20 heavy (non-hydrogen) atoms. The summed E-state index contributed by atoms with van der Waals surface area (Å²) in [4.78, 5) is 15.9. The molecule has 0 spiro atoms. The highest BCUT2D eigenvalue weighted by Crippen LogP contribution is 2.23. The first-order valence-electron chi connectivity index (χ1n) is 5.82. The number of nitrogens with one attached hydrogen (secondary N) is 1. The zero-order chi connectivity index (χ0) is 14.5. The maximum Gasteiger partial charge on any atom is 0.228 e. The van der Waals surface area contributed by atoms with E-state index in [9.17, 15) is 4.79 Å². The maximum absolute atomic E-state index is 11.9. The molecule has 1 heterocycles. The monoisotopic (exact) mass is 354 g/mol. The number of nitrogens with zero attached hydrogens (tertiary/aromatic N) is 1. The van der Waals surface area contributed by atoms with Crippen LogP contribution in [0.1, 0.15) is 5.56 Å². The van der Waals surface area contributed by atoms with Gasteiger partial charge in [0, 0.05) is 0 Å². The number of benzene rings is 1. The molecule has 104 valence electrons. The first-order valence-corrected chi connectivity index (χ1v) is 6.99. The van der Waals surface area contributed by atoms with Gasteiger partial charge in [0.1, 0.15) is 10.9 Å². The summed E-state index contributed by atoms with van der Waals surface area (Å²) in [6.45, 7) is 0. The highest BCUT2D eigenvalue weighted by atomic mass is 79.9. The quantitative estimate of drug-likeness (QED) is 0.851. The number of rotatable bonds is 4. The lowest BCUT2D eigenvalue weighted by Crippen LogP contribution is -2.14. The Morgan fingerprint density at radius 1 is 1.45 bits per heavy atom. The van der Waals surface area contributed by atoms with Crippen molar-refractivity contribution >= 4 is 39.1 Å². The third kappa shape index (κ3) is 3.95. The topological polar surface area (TPSA) is 51.2 Å². The Labute approximate surface area is 130 Å². The number of aromatic nitrogens is 1. The van der Waals surface area contributed by atoms with E-state index in [1.165, 1.54) is 6.20 Å². The van der Waals surface area contributed by atoms with Crippen molar-refractivity contribution in [1.82, 2.24) is 4.98 Å². The summed E-state index contributed by atoms with van der Waals surface area (Å²) >= 11 is 9.06. The Morgan fingerprint density at radius 3 is 2.95 bits per heavy atom. The normalized spacial score (nSPS) is 10.2. The van der Waals surface area contributed by atoms with Crippen LogP contribution >= 0.6 is 27.5 Å². The summed E-state index contributed by atoms with van der Waals surface area (Å²) in [6, 6.07) is 9.09. The molecular formula is C14H12BrClN2O2. The van der Waals surface area contributed by atoms with E-state index in [1.807, 2.05) is 24.3 Å². The molecular weight excluding hydrogens is 344 g/mol. The van der Waals surface area contributed by atoms with Gasteiger partial charge in [0.2, 0.25) is 5.91 Å². The third-order valence-electron chi connectivity index (χ3n) is 2.58. The minimum absolute atomic E-state index is 0.130. The summed E-state index contributed by atoms with van der Waals surface area (Å²) in [5.41, 5.74) is 1.47. The molecule has 1 aromatic carbocycles. The van der Waals surface area contributed by atoms with E-state index in [1.54, 1.807) is 13.2 Å². The summed E-state index contributed by atoms with van der Waals surface area (Å²) in [5.74, 6) is 0.598. The van der Waals surface area contributed by atoms with Crippen LogP contribution in [0.4, 0.5) is 5.69 Å². The van der Waals surface area contributed by atoms with Crippen molar-refractivity contribution < 1.29 is 9.53 Å². The predicted octanol–water partition coefficient (Wildman–Crippen LogP) is 3.69. The number of hydrogen-bond acceptors (Lipinski definition) is 3. The number of methoxy groups -OCH3 is 1. The third-order valence-corrected chi connectivity index (χ3v) is 3.71. The van der Waals surface area contributed by atoms with Gasteiger partial charge in [0.15, 0.2) is 0 Å². The second kappa shape index (κ2) is 6.72. The van der Waals surface area contributed by atoms with Gasteiger partial charge in [0.25, 0.3) is 0 Å². The van der Waals surface area contributed by atoms with Crippen LogP contribution in [0.5, 0.6) is 5.75 Å². The van der Waals surface area contributed by atoms with E-state index in [0.29, 0.717) is 15.3 Å². The summed E-state index contributed by atoms with van der Waals surface area (Å²) in [7, 11) is 1.59. The first kappa shape index (κ1) is 14.8. The molecule has 0 aliphatic heterocycles. The number of carbonyl (C=O) groups is 1. The smallest absolute Gasteiger partial charge is 0.228 e. The van der Waals surface area contributed by atoms with E-state index in [2.05, 4.69) is 26.2 Å². The lowest BCUT2D eigenvalue weighted by molar-refractivity contribution is -0.115. The van der Waals surface area contributed by atoms with Crippen molar-refractivity contribution in [3.05, 3.63) is 51.7 Å². The Balaban J connectivity index is 2.03. The highest BCUT2D eigenvalue weighted by Gasteiger charge is 2.07. The molecule has 0 radical (unpaired) electrons. The van der Waals surface area contributed by atoms with Crippen LogP contribution in [0.2, 0.25) is 5.15 Å². The Kier molecular flexibility index (Phi) is 4.98. The molecule has 2 rings (SSSR count). The second-order valence-electron chi connectivity index (χ2n) is 4.07. The molecule has 0 aliphatic rings. The van der Waals surface area contributed by atoms with E-state index in [0.717, 1.165) is 11.3 Å². The van der Waals surface area contributed by atoms with Crippen molar-refractivity contribution in [2.45, 2.75) is 6.42 Å². The molecule has 2 aromatic rings. The molecule has 0 fully saturated rings. The number of halogens is 2. The fourth-order valence-corrected chi connectivity index (χ4v) is 2.11. The maximum atomic E-state index is 11.9. The molecule has 0 saturated heterocycles. The molecule has 0 bridgehead atoms. The van der Waals surface area contributed by atoms with Gasteiger partial charge in [-0.3, -0.25) is 4.79 Å². The molecule has 0 atom stereocenters. The van der Waals surface area contributed by atoms with Gasteiger partial charge >= 0.3 is 0 Å². The predicted molar refractivity (Wildman–Crippen MR) is 82.3 cm³/mol. The van der Waals surface area contributed by atoms with Gasteiger partial charge in [0.05, 0.1) is 29.9 Å². The molecule has 0 saturated carbocycles. The molecule has 0 aliphatic carbocycles. The van der Waals surface area contributed by atoms with Gasteiger partial charge in [-0.1, -0.05) is 23.7 Å². The molecule has 1 amide bonds. The minimum atomic E-state index is -0.130. The lowest BCUT2D eigenvalue weighted by atomic mass is 10.1. The molecule has 1 aromatic heterocycles. The van der Waals surface area contributed by atoms with E-state index in [4.69, 9.17) is 16.3 Å². The van der Waals surface area contributed by atoms with Crippen molar-refractivity contribution in [3.63, 3.8) is 0 Å². The van der Waals surface area contributed by atoms with Crippen molar-refractivity contribution in [2.24, 2.45) is 0 Å². The summed E-state index contributed by atoms with van der Waals surface area (Å²) in [5, 5.41) is 3.12. The van der Waals surface area contributed by atoms with Gasteiger partial charge in [-0.2, -0.15) is 0 Å². The molecule has 0 unspecified atom stereocenters. The lowest BCUT2D eigenvalue weighted by Gasteiger charge is -2.07. The standard InChI is InChI=1S/C14H12BrClN2O2/c1-20-11-4-2-3-9(5-11)6-13(19)18-10-7-12(15)14(16)17-8-10/h2-5,7-8H,6H2,1H3,(H,18,19). The molecule has 6 heteroatoms. The van der Waals surface area contributed by atoms with Crippen molar-refractivity contribution in [1.29, 1.82) is 0 Å². The SMILES string of the molecule is COc1cccc(CC(=O)Nc2cnc(Cl)c(Br)c2)c1. The minimum Gasteiger partial charge on any atom is -0.497 e. The van der Waals surface area contributed by atoms with Crippen LogP contribution in [-0.4, -0.2) is 18.0 Å².